The van der Waals surface area contributed by atoms with Gasteiger partial charge in [-0.15, -0.1) is 0 Å². The Labute approximate surface area is 267 Å². The lowest BCUT2D eigenvalue weighted by molar-refractivity contribution is 0.180. The van der Waals surface area contributed by atoms with Crippen molar-refractivity contribution in [3.8, 4) is 0 Å². The Morgan fingerprint density at radius 3 is 1.44 bits per heavy atom. The Morgan fingerprint density at radius 2 is 1.05 bits per heavy atom. The van der Waals surface area contributed by atoms with Crippen LogP contribution in [0.15, 0.2) is 96.6 Å². The zero-order chi connectivity index (χ0) is 32.3. The van der Waals surface area contributed by atoms with Gasteiger partial charge in [0.2, 0.25) is 0 Å². The molecule has 0 heteroatoms. The molecule has 0 aromatic heterocycles. The van der Waals surface area contributed by atoms with E-state index in [0.717, 1.165) is 12.3 Å². The predicted molar refractivity (Wildman–Crippen MR) is 195 cm³/mol. The van der Waals surface area contributed by atoms with Crippen molar-refractivity contribution >= 4 is 10.8 Å². The quantitative estimate of drug-likeness (QED) is 0.248. The molecule has 0 aliphatic heterocycles. The zero-order valence-corrected chi connectivity index (χ0v) is 30.0. The molecule has 43 heavy (non-hydrogen) atoms. The Kier molecular flexibility index (Phi) is 13.6. The van der Waals surface area contributed by atoms with Crippen LogP contribution in [0.1, 0.15) is 133 Å². The van der Waals surface area contributed by atoms with Crippen LogP contribution in [-0.2, 0) is 10.8 Å². The van der Waals surface area contributed by atoms with Crippen LogP contribution in [0.5, 0.6) is 0 Å². The minimum absolute atomic E-state index is 0.240. The molecule has 0 amide bonds. The molecule has 0 unspecified atom stereocenters. The molecule has 2 aliphatic carbocycles. The third-order valence-electron chi connectivity index (χ3n) is 8.82. The van der Waals surface area contributed by atoms with Crippen LogP contribution >= 0.6 is 0 Å². The van der Waals surface area contributed by atoms with Gasteiger partial charge in [-0.3, -0.25) is 0 Å². The second-order valence-corrected chi connectivity index (χ2v) is 16.7. The number of benzene rings is 3. The van der Waals surface area contributed by atoms with Crippen LogP contribution in [-0.4, -0.2) is 0 Å². The van der Waals surface area contributed by atoms with Gasteiger partial charge in [-0.1, -0.05) is 199 Å². The van der Waals surface area contributed by atoms with E-state index in [9.17, 15) is 0 Å². The molecule has 3 aromatic rings. The smallest absolute Gasteiger partial charge is 0.0127 e. The van der Waals surface area contributed by atoms with E-state index in [1.54, 1.807) is 5.57 Å². The van der Waals surface area contributed by atoms with E-state index in [1.165, 1.54) is 54.0 Å². The highest BCUT2D eigenvalue weighted by atomic mass is 14.3. The molecule has 3 aromatic carbocycles. The van der Waals surface area contributed by atoms with Gasteiger partial charge in [0.15, 0.2) is 0 Å². The SMILES string of the molecule is CC(C)(C)C1=CC=CC1.CC(C)(C)C1CCCCC1.CC(C)(C)c1ccc2ccccc2c1.CC(C)(C)c1ccccc1. The summed E-state index contributed by atoms with van der Waals surface area (Å²) in [6.07, 6.45) is 15.1. The van der Waals surface area contributed by atoms with Gasteiger partial charge in [0.25, 0.3) is 0 Å². The molecule has 236 valence electrons. The van der Waals surface area contributed by atoms with E-state index in [4.69, 9.17) is 0 Å². The fraction of sp³-hybridized carbons (Fsp3) is 0.535. The third kappa shape index (κ3) is 13.3. The number of hydrogen-bond donors (Lipinski definition) is 0. The van der Waals surface area contributed by atoms with Crippen LogP contribution in [0.3, 0.4) is 0 Å². The molecule has 0 saturated heterocycles. The average molecular weight is 581 g/mol. The first-order valence-corrected chi connectivity index (χ1v) is 16.8. The van der Waals surface area contributed by atoms with Crippen molar-refractivity contribution in [1.29, 1.82) is 0 Å². The van der Waals surface area contributed by atoms with Gasteiger partial charge >= 0.3 is 0 Å². The number of allylic oxidation sites excluding steroid dienone is 4. The molecule has 0 N–H and O–H groups in total. The normalized spacial score (nSPS) is 15.8. The van der Waals surface area contributed by atoms with Crippen LogP contribution < -0.4 is 0 Å². The summed E-state index contributed by atoms with van der Waals surface area (Å²) in [5.41, 5.74) is 5.82. The van der Waals surface area contributed by atoms with Gasteiger partial charge in [-0.2, -0.15) is 0 Å². The van der Waals surface area contributed by atoms with Crippen molar-refractivity contribution in [1.82, 2.24) is 0 Å². The molecule has 1 saturated carbocycles. The molecule has 0 bridgehead atoms. The first kappa shape index (κ1) is 36.6. The summed E-state index contributed by atoms with van der Waals surface area (Å²) < 4.78 is 0. The van der Waals surface area contributed by atoms with Crippen LogP contribution in [0.25, 0.3) is 10.8 Å². The molecule has 0 spiro atoms. The van der Waals surface area contributed by atoms with Crippen molar-refractivity contribution in [2.45, 2.75) is 132 Å². The van der Waals surface area contributed by atoms with Gasteiger partial charge in [0.05, 0.1) is 0 Å². The van der Waals surface area contributed by atoms with Crippen LogP contribution in [0, 0.1) is 16.7 Å². The van der Waals surface area contributed by atoms with Gasteiger partial charge in [-0.05, 0) is 68.7 Å². The van der Waals surface area contributed by atoms with Crippen LogP contribution in [0.4, 0.5) is 0 Å². The maximum Gasteiger partial charge on any atom is -0.0127 e. The second kappa shape index (κ2) is 15.9. The zero-order valence-electron chi connectivity index (χ0n) is 30.0. The molecular formula is C43H64. The summed E-state index contributed by atoms with van der Waals surface area (Å²) in [6, 6.07) is 25.8. The van der Waals surface area contributed by atoms with E-state index < -0.39 is 0 Å². The van der Waals surface area contributed by atoms with E-state index in [0.29, 0.717) is 16.2 Å². The van der Waals surface area contributed by atoms with E-state index in [2.05, 4.69) is 174 Å². The summed E-state index contributed by atoms with van der Waals surface area (Å²) >= 11 is 0. The molecule has 0 heterocycles. The fourth-order valence-electron chi connectivity index (χ4n) is 5.57. The summed E-state index contributed by atoms with van der Waals surface area (Å²) in [7, 11) is 0. The molecule has 1 fully saturated rings. The van der Waals surface area contributed by atoms with Crippen LogP contribution in [0.2, 0.25) is 0 Å². The Morgan fingerprint density at radius 1 is 0.512 bits per heavy atom. The first-order valence-electron chi connectivity index (χ1n) is 16.8. The van der Waals surface area contributed by atoms with Crippen molar-refractivity contribution < 1.29 is 0 Å². The number of fused-ring (bicyclic) bond motifs is 1. The summed E-state index contributed by atoms with van der Waals surface area (Å²) in [4.78, 5) is 0. The summed E-state index contributed by atoms with van der Waals surface area (Å²) in [5, 5.41) is 2.65. The van der Waals surface area contributed by atoms with Gasteiger partial charge < -0.3 is 0 Å². The van der Waals surface area contributed by atoms with Gasteiger partial charge in [0, 0.05) is 0 Å². The predicted octanol–water partition coefficient (Wildman–Crippen LogP) is 13.7. The van der Waals surface area contributed by atoms with Gasteiger partial charge in [-0.25, -0.2) is 0 Å². The van der Waals surface area contributed by atoms with E-state index in [-0.39, 0.29) is 5.41 Å². The van der Waals surface area contributed by atoms with Crippen molar-refractivity contribution in [2.75, 3.05) is 0 Å². The lowest BCUT2D eigenvalue weighted by Gasteiger charge is -2.33. The molecule has 0 atom stereocenters. The van der Waals surface area contributed by atoms with Crippen molar-refractivity contribution in [2.24, 2.45) is 16.7 Å². The number of rotatable bonds is 0. The topological polar surface area (TPSA) is 0 Å². The molecular weight excluding hydrogens is 516 g/mol. The lowest BCUT2D eigenvalue weighted by atomic mass is 9.72. The van der Waals surface area contributed by atoms with Gasteiger partial charge in [0.1, 0.15) is 0 Å². The highest BCUT2D eigenvalue weighted by Crippen LogP contribution is 2.37. The average Bonchev–Trinajstić information content (AvgIpc) is 3.50. The third-order valence-corrected chi connectivity index (χ3v) is 8.82. The fourth-order valence-corrected chi connectivity index (χ4v) is 5.57. The Hall–Kier alpha value is -2.60. The molecule has 0 nitrogen and oxygen atoms in total. The maximum absolute atomic E-state index is 2.38. The molecule has 0 radical (unpaired) electrons. The first-order chi connectivity index (χ1) is 19.9. The summed E-state index contributed by atoms with van der Waals surface area (Å²) in [5.74, 6) is 1.00. The standard InChI is InChI=1S/C14H16.C10H20.C10H14.C9H14/c1-14(2,3)13-9-8-11-6-4-5-7-12(11)10-13;2*1-10(2,3)9-7-5-4-6-8-9;1-9(2,3)8-6-4-5-7-8/h4-10H,1-3H3;9H,4-8H2,1-3H3;4-8H,1-3H3;4-6H,7H2,1-3H3. The second-order valence-electron chi connectivity index (χ2n) is 16.7. The van der Waals surface area contributed by atoms with Crippen molar-refractivity contribution in [3.63, 3.8) is 0 Å². The maximum atomic E-state index is 2.38. The Balaban J connectivity index is 0.000000204. The lowest BCUT2D eigenvalue weighted by Crippen LogP contribution is -2.22. The monoisotopic (exact) mass is 581 g/mol. The molecule has 2 aliphatic rings. The van der Waals surface area contributed by atoms with Crippen molar-refractivity contribution in [3.05, 3.63) is 108 Å². The Bertz CT molecular complexity index is 1270. The minimum Gasteiger partial charge on any atom is -0.0804 e. The van der Waals surface area contributed by atoms with E-state index >= 15 is 0 Å². The minimum atomic E-state index is 0.240. The van der Waals surface area contributed by atoms with E-state index in [1.807, 2.05) is 0 Å². The number of hydrogen-bond acceptors (Lipinski definition) is 0. The highest BCUT2D eigenvalue weighted by molar-refractivity contribution is 5.83. The summed E-state index contributed by atoms with van der Waals surface area (Å²) in [6.45, 7) is 27.3. The molecule has 5 rings (SSSR count). The highest BCUT2D eigenvalue weighted by Gasteiger charge is 2.25. The largest absolute Gasteiger partial charge is 0.0804 e.